The number of rotatable bonds is 17. The molecule has 0 unspecified atom stereocenters. The molecule has 2 fully saturated rings. The highest BCUT2D eigenvalue weighted by Gasteiger charge is 2.44. The van der Waals surface area contributed by atoms with Crippen molar-refractivity contribution < 1.29 is 67.4 Å². The molecule has 544 valence electrons. The van der Waals surface area contributed by atoms with Crippen molar-refractivity contribution in [2.75, 3.05) is 55.4 Å². The van der Waals surface area contributed by atoms with Gasteiger partial charge in [0.25, 0.3) is 0 Å². The van der Waals surface area contributed by atoms with E-state index in [1.165, 1.54) is 89.6 Å². The van der Waals surface area contributed by atoms with Crippen molar-refractivity contribution in [1.82, 2.24) is 50.2 Å². The molecule has 2 aromatic rings. The summed E-state index contributed by atoms with van der Waals surface area (Å²) in [6.07, 6.45) is -0.495. The maximum atomic E-state index is 15.6. The van der Waals surface area contributed by atoms with Crippen LogP contribution in [0.4, 0.5) is 0 Å². The van der Waals surface area contributed by atoms with Crippen LogP contribution in [0.3, 0.4) is 0 Å². The van der Waals surface area contributed by atoms with E-state index in [9.17, 15) is 53.1 Å². The van der Waals surface area contributed by atoms with Crippen LogP contribution in [-0.2, 0) is 75.2 Å². The number of ketones is 3. The third kappa shape index (κ3) is 22.1. The molecule has 98 heavy (non-hydrogen) atoms. The average Bonchev–Trinajstić information content (AvgIpc) is 0.835. The molecule has 0 saturated carbocycles. The summed E-state index contributed by atoms with van der Waals surface area (Å²) in [5, 5.41) is 19.5. The largest absolute Gasteiger partial charge is 0.393 e. The normalized spacial score (nSPS) is 25.8. The number of likely N-dealkylation sites (N-methyl/N-ethyl adjacent to an activating group) is 6. The quantitative estimate of drug-likeness (QED) is 0.164. The number of benzene rings is 2. The molecule has 2 aliphatic rings. The molecule has 0 bridgehead atoms. The predicted molar refractivity (Wildman–Crippen MR) is 373 cm³/mol. The number of likely N-dealkylation sites (tertiary alicyclic amines) is 1. The molecule has 10 amide bonds. The fourth-order valence-corrected chi connectivity index (χ4v) is 13.0. The Hall–Kier alpha value is -7.89. The molecule has 2 aromatic carbocycles. The van der Waals surface area contributed by atoms with Gasteiger partial charge in [-0.1, -0.05) is 129 Å². The number of aliphatic hydroxyl groups is 1. The highest BCUT2D eigenvalue weighted by molar-refractivity contribution is 6.01. The molecule has 4 N–H and O–H groups in total. The second-order valence-electron chi connectivity index (χ2n) is 28.7. The van der Waals surface area contributed by atoms with E-state index in [1.54, 1.807) is 107 Å². The van der Waals surface area contributed by atoms with Crippen molar-refractivity contribution >= 4 is 76.4 Å². The molecule has 0 aromatic heterocycles. The second-order valence-corrected chi connectivity index (χ2v) is 28.7. The molecule has 2 heterocycles. The Morgan fingerprint density at radius 2 is 1.11 bits per heavy atom. The van der Waals surface area contributed by atoms with Gasteiger partial charge in [-0.25, -0.2) is 0 Å². The van der Waals surface area contributed by atoms with Crippen molar-refractivity contribution in [3.63, 3.8) is 0 Å². The smallest absolute Gasteiger partial charge is 0.245 e. The minimum Gasteiger partial charge on any atom is -0.393 e. The summed E-state index contributed by atoms with van der Waals surface area (Å²) in [6, 6.07) is 5.66. The molecule has 2 aliphatic heterocycles. The number of nitrogens with one attached hydrogen (secondary N) is 3. The number of piperidine rings is 1. The highest BCUT2D eigenvalue weighted by atomic mass is 16.3. The highest BCUT2D eigenvalue weighted by Crippen LogP contribution is 2.27. The lowest BCUT2D eigenvalue weighted by Crippen LogP contribution is -2.60. The van der Waals surface area contributed by atoms with Crippen LogP contribution in [0.15, 0.2) is 60.7 Å². The number of hydrogen-bond acceptors (Lipinski definition) is 14. The first-order valence-corrected chi connectivity index (χ1v) is 35.0. The molecule has 0 radical (unpaired) electrons. The number of nitrogens with zero attached hydrogens (tertiary/aromatic N) is 7. The van der Waals surface area contributed by atoms with E-state index in [2.05, 4.69) is 16.0 Å². The van der Waals surface area contributed by atoms with Crippen molar-refractivity contribution in [3.05, 3.63) is 71.8 Å². The second kappa shape index (κ2) is 37.9. The van der Waals surface area contributed by atoms with Gasteiger partial charge in [-0.2, -0.15) is 0 Å². The number of Topliss-reactive ketones (excluding diaryl/α,β-unsaturated/α-hetero) is 3. The fraction of sp³-hybridized carbons (Fsp3) is 0.662. The molecule has 4 rings (SSSR count). The van der Waals surface area contributed by atoms with Crippen LogP contribution in [0.2, 0.25) is 0 Å². The van der Waals surface area contributed by atoms with E-state index < -0.39 is 186 Å². The Kier molecular flexibility index (Phi) is 31.9. The molecular formula is C74H114N10O14. The first kappa shape index (κ1) is 82.5. The number of hydrogen-bond donors (Lipinski definition) is 4. The van der Waals surface area contributed by atoms with Gasteiger partial charge < -0.3 is 55.4 Å². The number of carbonyl (C=O) groups is 13. The van der Waals surface area contributed by atoms with E-state index in [4.69, 9.17) is 0 Å². The Morgan fingerprint density at radius 1 is 0.571 bits per heavy atom. The van der Waals surface area contributed by atoms with Gasteiger partial charge in [0, 0.05) is 99.3 Å². The van der Waals surface area contributed by atoms with Gasteiger partial charge in [0.2, 0.25) is 59.1 Å². The molecule has 0 spiro atoms. The lowest BCUT2D eigenvalue weighted by molar-refractivity contribution is -0.152. The summed E-state index contributed by atoms with van der Waals surface area (Å²) in [5.74, 6) is -13.8. The minimum absolute atomic E-state index is 0.0107. The fourth-order valence-electron chi connectivity index (χ4n) is 13.0. The molecule has 2 saturated heterocycles. The lowest BCUT2D eigenvalue weighted by Gasteiger charge is -2.38. The van der Waals surface area contributed by atoms with E-state index in [0.29, 0.717) is 30.6 Å². The molecule has 24 nitrogen and oxygen atoms in total. The van der Waals surface area contributed by atoms with Crippen LogP contribution >= 0.6 is 0 Å². The van der Waals surface area contributed by atoms with Gasteiger partial charge in [-0.3, -0.25) is 62.3 Å². The summed E-state index contributed by atoms with van der Waals surface area (Å²) in [7, 11) is 8.26. The van der Waals surface area contributed by atoms with Crippen LogP contribution < -0.4 is 16.0 Å². The summed E-state index contributed by atoms with van der Waals surface area (Å²) < 4.78 is 0. The Morgan fingerprint density at radius 3 is 1.64 bits per heavy atom. The lowest BCUT2D eigenvalue weighted by atomic mass is 9.87. The number of aliphatic hydroxyl groups excluding tert-OH is 1. The SMILES string of the molecule is CC[C@H](C)[C@@H]1NC(=O)[C@@H](C(C)C)CC(=O)C[C@@H](C(=O)N(C)[C@@H](Cc2ccccc2)C(=O)C[C@@H](C)C(=O)N2CCCCC2)NC(=O)[C@H](Cc2ccccc2)N(C)C(=O)[C@H](C)NC(=O)[C@H](CC(C)C)N(C)C(=O)[C@H](C)N(C)C(=O)[C@H]([C@@H](C)O)CC(=O)[C@H](C)N(C)C(=O)[C@H](C(C)C)N(C)C1=O. The van der Waals surface area contributed by atoms with Gasteiger partial charge >= 0.3 is 0 Å². The number of carbonyl (C=O) groups excluding carboxylic acids is 13. The maximum absolute atomic E-state index is 15.6. The molecule has 24 heteroatoms. The summed E-state index contributed by atoms with van der Waals surface area (Å²) in [4.78, 5) is 201. The van der Waals surface area contributed by atoms with Gasteiger partial charge in [0.05, 0.1) is 24.1 Å². The van der Waals surface area contributed by atoms with E-state index >= 15 is 14.4 Å². The number of amides is 10. The maximum Gasteiger partial charge on any atom is 0.245 e. The zero-order chi connectivity index (χ0) is 73.9. The predicted octanol–water partition coefficient (Wildman–Crippen LogP) is 4.90. The Balaban J connectivity index is 1.95. The van der Waals surface area contributed by atoms with E-state index in [-0.39, 0.29) is 37.5 Å². The van der Waals surface area contributed by atoms with Crippen molar-refractivity contribution in [2.45, 2.75) is 221 Å². The summed E-state index contributed by atoms with van der Waals surface area (Å²) in [5.41, 5.74) is 1.25. The van der Waals surface area contributed by atoms with Crippen molar-refractivity contribution in [1.29, 1.82) is 0 Å². The molecule has 14 atom stereocenters. The van der Waals surface area contributed by atoms with Crippen molar-refractivity contribution in [2.24, 2.45) is 41.4 Å². The van der Waals surface area contributed by atoms with Crippen LogP contribution in [0.5, 0.6) is 0 Å². The van der Waals surface area contributed by atoms with E-state index in [1.807, 2.05) is 20.8 Å². The summed E-state index contributed by atoms with van der Waals surface area (Å²) in [6.45, 7) is 22.5. The first-order chi connectivity index (χ1) is 45.9. The van der Waals surface area contributed by atoms with Gasteiger partial charge in [-0.15, -0.1) is 0 Å². The molecule has 0 aliphatic carbocycles. The monoisotopic (exact) mass is 1370 g/mol. The topological polar surface area (TPSA) is 301 Å². The third-order valence-electron chi connectivity index (χ3n) is 20.0. The van der Waals surface area contributed by atoms with Gasteiger partial charge in [0.1, 0.15) is 48.1 Å². The van der Waals surface area contributed by atoms with Crippen LogP contribution in [-0.4, -0.2) is 232 Å². The van der Waals surface area contributed by atoms with Gasteiger partial charge in [0.15, 0.2) is 11.6 Å². The zero-order valence-corrected chi connectivity index (χ0v) is 61.7. The van der Waals surface area contributed by atoms with Crippen LogP contribution in [0.25, 0.3) is 0 Å². The first-order valence-electron chi connectivity index (χ1n) is 35.0. The Labute approximate surface area is 581 Å². The van der Waals surface area contributed by atoms with Crippen LogP contribution in [0.1, 0.15) is 159 Å². The minimum atomic E-state index is -1.75. The standard InChI is InChI=1S/C74H114N10O14/c1-20-46(8)63-73(97)83(19)64(45(6)7)74(98)78(14)49(11)61(87)42-56(51(13)85)71(95)79(15)50(12)70(94)82(18)59(36-43(2)3)66(90)75-48(10)69(93)81(17)60(39-53-32-26-22-27-33-53)67(91)76-57(41-54(86)40-55(44(4)5)65(89)77-63)72(96)80(16)58(38-52-30-24-21-25-31-52)62(88)37-47(9)68(92)84-34-28-23-29-35-84/h21-22,24-27,30-33,43-51,55-60,63-64,85H,20,23,28-29,34-42H2,1-19H3,(H,75,90)(H,76,91)(H,77,89)/t46-,47+,48-,49-,50-,51+,55+,56-,57-,58-,59-,60-,63-,64-/m0/s1. The third-order valence-corrected chi connectivity index (χ3v) is 20.0. The molecular weight excluding hydrogens is 1250 g/mol. The van der Waals surface area contributed by atoms with Crippen LogP contribution in [0, 0.1) is 41.4 Å². The van der Waals surface area contributed by atoms with Gasteiger partial charge in [-0.05, 0) is 94.6 Å². The van der Waals surface area contributed by atoms with Crippen molar-refractivity contribution in [3.8, 4) is 0 Å². The van der Waals surface area contributed by atoms with E-state index in [0.717, 1.165) is 29.1 Å². The zero-order valence-electron chi connectivity index (χ0n) is 61.7. The Bertz CT molecular complexity index is 3100. The summed E-state index contributed by atoms with van der Waals surface area (Å²) >= 11 is 0. The average molecular weight is 1370 g/mol.